The van der Waals surface area contributed by atoms with E-state index in [0.29, 0.717) is 12.5 Å². The number of methoxy groups -OCH3 is 1. The SMILES string of the molecule is COCCn1c(CBr)nnc1C1CCc2ccccc2C1. The number of aryl methyl sites for hydroxylation is 1. The predicted octanol–water partition coefficient (Wildman–Crippen LogP) is 3.09. The summed E-state index contributed by atoms with van der Waals surface area (Å²) in [5.41, 5.74) is 2.94. The second-order valence-corrected chi connectivity index (χ2v) is 6.02. The number of nitrogens with zero attached hydrogens (tertiary/aromatic N) is 3. The molecule has 21 heavy (non-hydrogen) atoms. The number of fused-ring (bicyclic) bond motifs is 1. The van der Waals surface area contributed by atoms with Crippen LogP contribution in [0.4, 0.5) is 0 Å². The maximum atomic E-state index is 5.22. The predicted molar refractivity (Wildman–Crippen MR) is 85.7 cm³/mol. The van der Waals surface area contributed by atoms with Crippen molar-refractivity contribution in [3.63, 3.8) is 0 Å². The highest BCUT2D eigenvalue weighted by Gasteiger charge is 2.25. The molecule has 1 atom stereocenters. The van der Waals surface area contributed by atoms with Crippen molar-refractivity contribution in [2.45, 2.75) is 37.1 Å². The van der Waals surface area contributed by atoms with E-state index in [9.17, 15) is 0 Å². The van der Waals surface area contributed by atoms with Crippen molar-refractivity contribution < 1.29 is 4.74 Å². The third-order valence-corrected chi connectivity index (χ3v) is 4.71. The number of halogens is 1. The number of hydrogen-bond donors (Lipinski definition) is 0. The number of aromatic nitrogens is 3. The van der Waals surface area contributed by atoms with Crippen molar-refractivity contribution >= 4 is 15.9 Å². The monoisotopic (exact) mass is 349 g/mol. The lowest BCUT2D eigenvalue weighted by atomic mass is 9.83. The van der Waals surface area contributed by atoms with Crippen molar-refractivity contribution in [2.24, 2.45) is 0 Å². The van der Waals surface area contributed by atoms with Crippen LogP contribution in [0.2, 0.25) is 0 Å². The zero-order valence-electron chi connectivity index (χ0n) is 12.3. The van der Waals surface area contributed by atoms with Crippen LogP contribution >= 0.6 is 15.9 Å². The molecular weight excluding hydrogens is 330 g/mol. The van der Waals surface area contributed by atoms with E-state index in [4.69, 9.17) is 4.74 Å². The van der Waals surface area contributed by atoms with Crippen molar-refractivity contribution in [1.29, 1.82) is 0 Å². The van der Waals surface area contributed by atoms with Crippen LogP contribution in [0.5, 0.6) is 0 Å². The molecule has 0 saturated carbocycles. The molecule has 3 rings (SSSR count). The minimum atomic E-state index is 0.456. The average Bonchev–Trinajstić information content (AvgIpc) is 2.95. The topological polar surface area (TPSA) is 39.9 Å². The number of benzene rings is 1. The Kier molecular flexibility index (Phi) is 4.70. The Bertz CT molecular complexity index is 611. The van der Waals surface area contributed by atoms with Crippen LogP contribution in [0.25, 0.3) is 0 Å². The maximum absolute atomic E-state index is 5.22. The van der Waals surface area contributed by atoms with Crippen LogP contribution in [0.3, 0.4) is 0 Å². The highest BCUT2D eigenvalue weighted by Crippen LogP contribution is 2.32. The molecule has 1 aromatic carbocycles. The molecule has 1 heterocycles. The number of alkyl halides is 1. The first-order valence-electron chi connectivity index (χ1n) is 7.37. The molecule has 1 aliphatic rings. The molecule has 1 aliphatic carbocycles. The van der Waals surface area contributed by atoms with Crippen LogP contribution in [0.15, 0.2) is 24.3 Å². The average molecular weight is 350 g/mol. The number of ether oxygens (including phenoxy) is 1. The van der Waals surface area contributed by atoms with E-state index in [-0.39, 0.29) is 0 Å². The highest BCUT2D eigenvalue weighted by molar-refractivity contribution is 9.08. The van der Waals surface area contributed by atoms with Gasteiger partial charge in [0.2, 0.25) is 0 Å². The summed E-state index contributed by atoms with van der Waals surface area (Å²) in [5, 5.41) is 9.52. The largest absolute Gasteiger partial charge is 0.383 e. The Morgan fingerprint density at radius 1 is 1.29 bits per heavy atom. The van der Waals surface area contributed by atoms with Gasteiger partial charge in [0.15, 0.2) is 0 Å². The molecule has 4 nitrogen and oxygen atoms in total. The molecule has 0 radical (unpaired) electrons. The molecule has 0 N–H and O–H groups in total. The van der Waals surface area contributed by atoms with E-state index in [2.05, 4.69) is 55.0 Å². The molecule has 0 aliphatic heterocycles. The van der Waals surface area contributed by atoms with Gasteiger partial charge in [-0.1, -0.05) is 40.2 Å². The van der Waals surface area contributed by atoms with Gasteiger partial charge >= 0.3 is 0 Å². The Balaban J connectivity index is 1.86. The van der Waals surface area contributed by atoms with Gasteiger partial charge < -0.3 is 9.30 Å². The first-order chi connectivity index (χ1) is 10.3. The maximum Gasteiger partial charge on any atom is 0.143 e. The van der Waals surface area contributed by atoms with Gasteiger partial charge in [-0.25, -0.2) is 0 Å². The zero-order valence-corrected chi connectivity index (χ0v) is 13.8. The molecule has 0 saturated heterocycles. The summed E-state index contributed by atoms with van der Waals surface area (Å²) in [6, 6.07) is 8.73. The Morgan fingerprint density at radius 2 is 2.10 bits per heavy atom. The normalized spacial score (nSPS) is 17.7. The van der Waals surface area contributed by atoms with E-state index in [1.165, 1.54) is 11.1 Å². The third-order valence-electron chi connectivity index (χ3n) is 4.21. The molecule has 0 spiro atoms. The first-order valence-corrected chi connectivity index (χ1v) is 8.49. The van der Waals surface area contributed by atoms with Crippen molar-refractivity contribution in [3.05, 3.63) is 47.0 Å². The fourth-order valence-electron chi connectivity index (χ4n) is 3.09. The Hall–Kier alpha value is -1.20. The van der Waals surface area contributed by atoms with Gasteiger partial charge in [-0.15, -0.1) is 10.2 Å². The minimum Gasteiger partial charge on any atom is -0.383 e. The summed E-state index contributed by atoms with van der Waals surface area (Å²) < 4.78 is 7.44. The van der Waals surface area contributed by atoms with Gasteiger partial charge in [-0.2, -0.15) is 0 Å². The van der Waals surface area contributed by atoms with Gasteiger partial charge in [0.25, 0.3) is 0 Å². The van der Waals surface area contributed by atoms with Crippen LogP contribution in [-0.4, -0.2) is 28.5 Å². The smallest absolute Gasteiger partial charge is 0.143 e. The van der Waals surface area contributed by atoms with E-state index in [1.807, 2.05) is 0 Å². The molecule has 0 bridgehead atoms. The number of hydrogen-bond acceptors (Lipinski definition) is 3. The second kappa shape index (κ2) is 6.71. The Morgan fingerprint density at radius 3 is 2.86 bits per heavy atom. The van der Waals surface area contributed by atoms with Gasteiger partial charge in [-0.05, 0) is 30.4 Å². The molecule has 0 amide bonds. The van der Waals surface area contributed by atoms with Gasteiger partial charge in [0.05, 0.1) is 11.9 Å². The summed E-state index contributed by atoms with van der Waals surface area (Å²) in [6.45, 7) is 1.51. The molecule has 5 heteroatoms. The van der Waals surface area contributed by atoms with Crippen LogP contribution in [0, 0.1) is 0 Å². The van der Waals surface area contributed by atoms with Gasteiger partial charge in [0.1, 0.15) is 11.6 Å². The molecule has 1 aromatic heterocycles. The third kappa shape index (κ3) is 3.04. The Labute approximate surface area is 133 Å². The molecule has 0 fully saturated rings. The lowest BCUT2D eigenvalue weighted by molar-refractivity contribution is 0.185. The van der Waals surface area contributed by atoms with Crippen LogP contribution in [-0.2, 0) is 29.5 Å². The van der Waals surface area contributed by atoms with E-state index >= 15 is 0 Å². The van der Waals surface area contributed by atoms with Crippen molar-refractivity contribution in [2.75, 3.05) is 13.7 Å². The minimum absolute atomic E-state index is 0.456. The van der Waals surface area contributed by atoms with Gasteiger partial charge in [0, 0.05) is 19.6 Å². The van der Waals surface area contributed by atoms with E-state index in [0.717, 1.165) is 42.8 Å². The fraction of sp³-hybridized carbons (Fsp3) is 0.500. The number of rotatable bonds is 5. The van der Waals surface area contributed by atoms with Crippen molar-refractivity contribution in [1.82, 2.24) is 14.8 Å². The summed E-state index contributed by atoms with van der Waals surface area (Å²) in [4.78, 5) is 0. The zero-order chi connectivity index (χ0) is 14.7. The summed E-state index contributed by atoms with van der Waals surface area (Å²) in [6.07, 6.45) is 3.33. The molecule has 112 valence electrons. The quantitative estimate of drug-likeness (QED) is 0.778. The summed E-state index contributed by atoms with van der Waals surface area (Å²) in [7, 11) is 1.73. The van der Waals surface area contributed by atoms with E-state index < -0.39 is 0 Å². The lowest BCUT2D eigenvalue weighted by Crippen LogP contribution is -2.19. The molecule has 2 aromatic rings. The summed E-state index contributed by atoms with van der Waals surface area (Å²) in [5.74, 6) is 2.55. The first kappa shape index (κ1) is 14.7. The van der Waals surface area contributed by atoms with Crippen LogP contribution in [0.1, 0.15) is 35.1 Å². The van der Waals surface area contributed by atoms with Crippen molar-refractivity contribution in [3.8, 4) is 0 Å². The standard InChI is InChI=1S/C16H20BrN3O/c1-21-9-8-20-15(11-17)18-19-16(20)14-7-6-12-4-2-3-5-13(12)10-14/h2-5,14H,6-11H2,1H3. The summed E-state index contributed by atoms with van der Waals surface area (Å²) >= 11 is 3.50. The van der Waals surface area contributed by atoms with E-state index in [1.54, 1.807) is 7.11 Å². The lowest BCUT2D eigenvalue weighted by Gasteiger charge is -2.24. The second-order valence-electron chi connectivity index (χ2n) is 5.46. The highest BCUT2D eigenvalue weighted by atomic mass is 79.9. The molecular formula is C16H20BrN3O. The molecule has 1 unspecified atom stereocenters. The van der Waals surface area contributed by atoms with Gasteiger partial charge in [-0.3, -0.25) is 0 Å². The van der Waals surface area contributed by atoms with Crippen LogP contribution < -0.4 is 0 Å². The fourth-order valence-corrected chi connectivity index (χ4v) is 3.51.